The number of rotatable bonds is 4. The molecule has 2 aromatic heterocycles. The molecule has 0 spiro atoms. The Morgan fingerprint density at radius 1 is 1.33 bits per heavy atom. The van der Waals surface area contributed by atoms with Gasteiger partial charge >= 0.3 is 0 Å². The third kappa shape index (κ3) is 3.95. The van der Waals surface area contributed by atoms with Crippen LogP contribution in [-0.4, -0.2) is 41.5 Å². The van der Waals surface area contributed by atoms with Crippen LogP contribution in [0.3, 0.4) is 0 Å². The van der Waals surface area contributed by atoms with Crippen LogP contribution < -0.4 is 5.73 Å². The number of nitrogens with zero attached hydrogens (tertiary/aromatic N) is 3. The van der Waals surface area contributed by atoms with Gasteiger partial charge in [0.2, 0.25) is 0 Å². The Morgan fingerprint density at radius 3 is 2.63 bits per heavy atom. The van der Waals surface area contributed by atoms with Crippen molar-refractivity contribution < 1.29 is 13.2 Å². The zero-order valence-corrected chi connectivity index (χ0v) is 17.7. The highest BCUT2D eigenvalue weighted by atomic mass is 32.2. The van der Waals surface area contributed by atoms with Crippen molar-refractivity contribution in [2.24, 2.45) is 12.8 Å². The molecule has 27 heavy (non-hydrogen) atoms. The van der Waals surface area contributed by atoms with Crippen molar-refractivity contribution in [2.75, 3.05) is 13.1 Å². The van der Waals surface area contributed by atoms with Crippen molar-refractivity contribution in [2.45, 2.75) is 49.2 Å². The lowest BCUT2D eigenvalue weighted by Gasteiger charge is -2.31. The average Bonchev–Trinajstić information content (AvgIpc) is 3.21. The summed E-state index contributed by atoms with van der Waals surface area (Å²) in [6.45, 7) is 6.98. The fraction of sp³-hybridized carbons (Fsp3) is 0.556. The summed E-state index contributed by atoms with van der Waals surface area (Å²) in [6, 6.07) is 3.59. The van der Waals surface area contributed by atoms with Gasteiger partial charge in [-0.15, -0.1) is 11.3 Å². The van der Waals surface area contributed by atoms with Crippen molar-refractivity contribution in [1.29, 1.82) is 0 Å². The van der Waals surface area contributed by atoms with Gasteiger partial charge in [-0.1, -0.05) is 20.8 Å². The third-order valence-electron chi connectivity index (χ3n) is 4.81. The fourth-order valence-corrected chi connectivity index (χ4v) is 6.41. The highest BCUT2D eigenvalue weighted by Gasteiger charge is 2.35. The van der Waals surface area contributed by atoms with Crippen LogP contribution >= 0.6 is 11.3 Å². The second-order valence-corrected chi connectivity index (χ2v) is 11.3. The molecule has 2 N–H and O–H groups in total. The quantitative estimate of drug-likeness (QED) is 0.837. The minimum atomic E-state index is -3.57. The molecule has 1 amide bonds. The lowest BCUT2D eigenvalue weighted by Crippen LogP contribution is -2.39. The van der Waals surface area contributed by atoms with Gasteiger partial charge in [-0.25, -0.2) is 8.42 Å². The molecule has 0 unspecified atom stereocenters. The van der Waals surface area contributed by atoms with Crippen molar-refractivity contribution >= 4 is 27.3 Å². The molecule has 3 rings (SSSR count). The van der Waals surface area contributed by atoms with E-state index in [1.54, 1.807) is 24.0 Å². The molecule has 1 aliphatic rings. The summed E-state index contributed by atoms with van der Waals surface area (Å²) in [5, 5.41) is 4.38. The molecule has 2 aromatic rings. The van der Waals surface area contributed by atoms with Gasteiger partial charge in [0.25, 0.3) is 15.9 Å². The molecule has 9 heteroatoms. The minimum absolute atomic E-state index is 0.0901. The van der Waals surface area contributed by atoms with E-state index in [1.165, 1.54) is 15.6 Å². The first kappa shape index (κ1) is 20.0. The Kier molecular flexibility index (Phi) is 5.22. The first-order chi connectivity index (χ1) is 12.5. The highest BCUT2D eigenvalue weighted by Crippen LogP contribution is 2.36. The van der Waals surface area contributed by atoms with Gasteiger partial charge in [-0.2, -0.15) is 9.40 Å². The Hall–Kier alpha value is -1.71. The zero-order chi connectivity index (χ0) is 20.0. The number of amides is 1. The van der Waals surface area contributed by atoms with E-state index < -0.39 is 15.9 Å². The Labute approximate surface area is 164 Å². The maximum Gasteiger partial charge on any atom is 0.252 e. The fourth-order valence-electron chi connectivity index (χ4n) is 3.37. The van der Waals surface area contributed by atoms with Gasteiger partial charge in [-0.3, -0.25) is 9.48 Å². The minimum Gasteiger partial charge on any atom is -0.365 e. The van der Waals surface area contributed by atoms with Crippen LogP contribution in [-0.2, 0) is 22.5 Å². The number of hydrogen-bond acceptors (Lipinski definition) is 5. The third-order valence-corrected chi connectivity index (χ3v) is 8.65. The maximum absolute atomic E-state index is 13.1. The first-order valence-corrected chi connectivity index (χ1v) is 11.2. The normalized spacial score (nSPS) is 19.3. The molecule has 1 saturated heterocycles. The summed E-state index contributed by atoms with van der Waals surface area (Å²) >= 11 is 1.33. The van der Waals surface area contributed by atoms with Crippen LogP contribution in [0.4, 0.5) is 0 Å². The van der Waals surface area contributed by atoms with Crippen molar-refractivity contribution in [3.63, 3.8) is 0 Å². The Morgan fingerprint density at radius 2 is 2.04 bits per heavy atom. The molecule has 0 aromatic carbocycles. The van der Waals surface area contributed by atoms with Crippen molar-refractivity contribution in [1.82, 2.24) is 14.1 Å². The lowest BCUT2D eigenvalue weighted by atomic mass is 9.93. The predicted octanol–water partition coefficient (Wildman–Crippen LogP) is 2.45. The van der Waals surface area contributed by atoms with Crippen molar-refractivity contribution in [3.8, 4) is 0 Å². The summed E-state index contributed by atoms with van der Waals surface area (Å²) < 4.78 is 29.7. The molecule has 148 valence electrons. The number of thiophene rings is 1. The largest absolute Gasteiger partial charge is 0.365 e. The number of piperidine rings is 1. The van der Waals surface area contributed by atoms with Crippen LogP contribution in [0, 0.1) is 0 Å². The molecule has 1 aliphatic heterocycles. The van der Waals surface area contributed by atoms with E-state index >= 15 is 0 Å². The molecule has 7 nitrogen and oxygen atoms in total. The van der Waals surface area contributed by atoms with E-state index in [9.17, 15) is 13.2 Å². The molecule has 0 radical (unpaired) electrons. The molecular weight excluding hydrogens is 384 g/mol. The molecule has 0 saturated carbocycles. The van der Waals surface area contributed by atoms with E-state index in [0.717, 1.165) is 17.7 Å². The van der Waals surface area contributed by atoms with E-state index in [0.29, 0.717) is 28.6 Å². The molecule has 0 aliphatic carbocycles. The smallest absolute Gasteiger partial charge is 0.252 e. The van der Waals surface area contributed by atoms with Crippen LogP contribution in [0.1, 0.15) is 60.5 Å². The van der Waals surface area contributed by atoms with Gasteiger partial charge < -0.3 is 5.73 Å². The summed E-state index contributed by atoms with van der Waals surface area (Å²) in [6.07, 6.45) is 3.09. The summed E-state index contributed by atoms with van der Waals surface area (Å²) in [7, 11) is -1.84. The van der Waals surface area contributed by atoms with Crippen LogP contribution in [0.15, 0.2) is 22.5 Å². The lowest BCUT2D eigenvalue weighted by molar-refractivity contribution is 0.0998. The molecule has 1 atom stereocenters. The van der Waals surface area contributed by atoms with E-state index in [-0.39, 0.29) is 11.3 Å². The van der Waals surface area contributed by atoms with E-state index in [1.807, 2.05) is 6.07 Å². The topological polar surface area (TPSA) is 98.3 Å². The van der Waals surface area contributed by atoms with E-state index in [4.69, 9.17) is 5.73 Å². The number of aromatic nitrogens is 2. The number of primary amides is 1. The second-order valence-electron chi connectivity index (χ2n) is 8.04. The van der Waals surface area contributed by atoms with Gasteiger partial charge in [-0.05, 0) is 30.4 Å². The average molecular weight is 411 g/mol. The number of carbonyl (C=O) groups excluding carboxylic acids is 1. The summed E-state index contributed by atoms with van der Waals surface area (Å²) in [5.74, 6) is -0.676. The SMILES string of the molecule is Cn1cc(C(N)=O)c([C@H]2CCCN(S(=O)(=O)c3ccc(C(C)(C)C)s3)C2)n1. The first-order valence-electron chi connectivity index (χ1n) is 8.94. The standard InChI is InChI=1S/C18H26N4O3S2/c1-18(2,3)14-7-8-15(26-14)27(24,25)22-9-5-6-12(10-22)16-13(17(19)23)11-21(4)20-16/h7-8,11-12H,5-6,9-10H2,1-4H3,(H2,19,23)/t12-/m0/s1. The number of carbonyl (C=O) groups is 1. The highest BCUT2D eigenvalue weighted by molar-refractivity contribution is 7.91. The monoisotopic (exact) mass is 410 g/mol. The van der Waals surface area contributed by atoms with Crippen molar-refractivity contribution in [3.05, 3.63) is 34.5 Å². The maximum atomic E-state index is 13.1. The van der Waals surface area contributed by atoms with Crippen LogP contribution in [0.2, 0.25) is 0 Å². The van der Waals surface area contributed by atoms with E-state index in [2.05, 4.69) is 25.9 Å². The number of hydrogen-bond donors (Lipinski definition) is 1. The second kappa shape index (κ2) is 7.03. The van der Waals surface area contributed by atoms with Crippen LogP contribution in [0.25, 0.3) is 0 Å². The Bertz CT molecular complexity index is 954. The van der Waals surface area contributed by atoms with Gasteiger partial charge in [0.1, 0.15) is 4.21 Å². The zero-order valence-electron chi connectivity index (χ0n) is 16.1. The molecule has 1 fully saturated rings. The number of sulfonamides is 1. The van der Waals surface area contributed by atoms with Crippen LogP contribution in [0.5, 0.6) is 0 Å². The Balaban J connectivity index is 1.88. The summed E-state index contributed by atoms with van der Waals surface area (Å²) in [5.41, 5.74) is 6.33. The summed E-state index contributed by atoms with van der Waals surface area (Å²) in [4.78, 5) is 12.8. The van der Waals surface area contributed by atoms with Gasteiger partial charge in [0.05, 0.1) is 11.3 Å². The predicted molar refractivity (Wildman–Crippen MR) is 105 cm³/mol. The molecular formula is C18H26N4O3S2. The number of aryl methyl sites for hydroxylation is 1. The molecule has 0 bridgehead atoms. The molecule has 3 heterocycles. The van der Waals surface area contributed by atoms with Gasteiger partial charge in [0.15, 0.2) is 0 Å². The van der Waals surface area contributed by atoms with Gasteiger partial charge in [0, 0.05) is 37.1 Å². The number of nitrogens with two attached hydrogens (primary N) is 1.